The van der Waals surface area contributed by atoms with Crippen molar-refractivity contribution in [3.63, 3.8) is 0 Å². The summed E-state index contributed by atoms with van der Waals surface area (Å²) in [5.41, 5.74) is 2.74. The molecule has 0 amide bonds. The monoisotopic (exact) mass is 306 g/mol. The molecule has 0 aromatic heterocycles. The first kappa shape index (κ1) is 17.7. The van der Waals surface area contributed by atoms with Crippen LogP contribution in [-0.2, 0) is 0 Å². The summed E-state index contributed by atoms with van der Waals surface area (Å²) in [6.45, 7) is 11.3. The highest BCUT2D eigenvalue weighted by molar-refractivity contribution is 5.21. The van der Waals surface area contributed by atoms with E-state index >= 15 is 0 Å². The quantitative estimate of drug-likeness (QED) is 0.752. The van der Waals surface area contributed by atoms with Gasteiger partial charge in [-0.05, 0) is 73.3 Å². The minimum Gasteiger partial charge on any atom is -0.392 e. The number of hydrogen-bond donors (Lipinski definition) is 2. The maximum absolute atomic E-state index is 10.5. The second-order valence-electron chi connectivity index (χ2n) is 8.41. The fraction of sp³-hybridized carbons (Fsp3) is 0.800. The lowest BCUT2D eigenvalue weighted by Gasteiger charge is -2.57. The van der Waals surface area contributed by atoms with Crippen LogP contribution < -0.4 is 0 Å². The molecule has 0 aliphatic heterocycles. The largest absolute Gasteiger partial charge is 0.392 e. The van der Waals surface area contributed by atoms with E-state index < -0.39 is 6.10 Å². The van der Waals surface area contributed by atoms with E-state index in [0.29, 0.717) is 17.3 Å². The van der Waals surface area contributed by atoms with E-state index in [1.165, 1.54) is 19.3 Å². The van der Waals surface area contributed by atoms with Crippen molar-refractivity contribution in [3.05, 3.63) is 23.3 Å². The van der Waals surface area contributed by atoms with Gasteiger partial charge in [0, 0.05) is 0 Å². The third-order valence-corrected chi connectivity index (χ3v) is 6.76. The van der Waals surface area contributed by atoms with Crippen molar-refractivity contribution in [3.8, 4) is 0 Å². The second kappa shape index (κ2) is 6.49. The van der Waals surface area contributed by atoms with Gasteiger partial charge >= 0.3 is 0 Å². The number of allylic oxidation sites excluding steroid dienone is 2. The summed E-state index contributed by atoms with van der Waals surface area (Å²) in [6, 6.07) is 0. The molecule has 22 heavy (non-hydrogen) atoms. The summed E-state index contributed by atoms with van der Waals surface area (Å²) in [5.74, 6) is 0.938. The molecule has 2 heteroatoms. The van der Waals surface area contributed by atoms with Gasteiger partial charge in [-0.15, -0.1) is 0 Å². The molecule has 0 aromatic rings. The average Bonchev–Trinajstić information content (AvgIpc) is 2.46. The Bertz CT molecular complexity index is 460. The predicted octanol–water partition coefficient (Wildman–Crippen LogP) is 4.47. The molecule has 4 atom stereocenters. The van der Waals surface area contributed by atoms with E-state index in [9.17, 15) is 10.2 Å². The van der Waals surface area contributed by atoms with Crippen molar-refractivity contribution in [2.45, 2.75) is 72.8 Å². The maximum atomic E-state index is 10.5. The molecule has 0 spiro atoms. The minimum atomic E-state index is -0.398. The van der Waals surface area contributed by atoms with Crippen molar-refractivity contribution in [2.75, 3.05) is 6.61 Å². The first-order valence-corrected chi connectivity index (χ1v) is 8.87. The molecule has 1 fully saturated rings. The Labute approximate surface area is 136 Å². The van der Waals surface area contributed by atoms with Crippen LogP contribution in [0.3, 0.4) is 0 Å². The van der Waals surface area contributed by atoms with E-state index in [-0.39, 0.29) is 12.0 Å². The van der Waals surface area contributed by atoms with Crippen LogP contribution in [0.2, 0.25) is 0 Å². The minimum absolute atomic E-state index is 0.134. The lowest BCUT2D eigenvalue weighted by atomic mass is 9.48. The molecule has 126 valence electrons. The van der Waals surface area contributed by atoms with Gasteiger partial charge in [0.05, 0.1) is 12.7 Å². The highest BCUT2D eigenvalue weighted by Gasteiger charge is 2.52. The molecule has 1 saturated carbocycles. The number of rotatable bonds is 4. The molecule has 4 unspecified atom stereocenters. The predicted molar refractivity (Wildman–Crippen MR) is 92.6 cm³/mol. The van der Waals surface area contributed by atoms with Crippen LogP contribution in [0.1, 0.15) is 66.7 Å². The average molecular weight is 306 g/mol. The van der Waals surface area contributed by atoms with Gasteiger partial charge in [0.2, 0.25) is 0 Å². The Kier molecular flexibility index (Phi) is 5.23. The zero-order valence-electron chi connectivity index (χ0n) is 15.0. The van der Waals surface area contributed by atoms with Gasteiger partial charge < -0.3 is 10.2 Å². The van der Waals surface area contributed by atoms with E-state index in [1.807, 2.05) is 19.9 Å². The van der Waals surface area contributed by atoms with Crippen molar-refractivity contribution in [2.24, 2.45) is 22.7 Å². The molecule has 2 aliphatic rings. The van der Waals surface area contributed by atoms with Gasteiger partial charge in [-0.2, -0.15) is 0 Å². The maximum Gasteiger partial charge on any atom is 0.0753 e. The van der Waals surface area contributed by atoms with Gasteiger partial charge in [0.25, 0.3) is 0 Å². The lowest BCUT2D eigenvalue weighted by molar-refractivity contribution is -0.0499. The van der Waals surface area contributed by atoms with E-state index in [1.54, 1.807) is 0 Å². The Hall–Kier alpha value is -0.600. The van der Waals surface area contributed by atoms with Crippen LogP contribution in [0.4, 0.5) is 0 Å². The summed E-state index contributed by atoms with van der Waals surface area (Å²) < 4.78 is 0. The number of fused-ring (bicyclic) bond motifs is 1. The lowest BCUT2D eigenvalue weighted by Crippen LogP contribution is -2.49. The molecular formula is C20H34O2. The third-order valence-electron chi connectivity index (χ3n) is 6.76. The van der Waals surface area contributed by atoms with Crippen LogP contribution in [0.5, 0.6) is 0 Å². The molecule has 0 aromatic carbocycles. The Morgan fingerprint density at radius 3 is 2.64 bits per heavy atom. The standard InChI is InChI=1S/C20H34O2/c1-6-14(2)17(22)12-16-15(13-21)8-9-18-19(3,4)10-7-11-20(16,18)5/h6,8,16-18,21-22H,7,9-13H2,1-5H3. The van der Waals surface area contributed by atoms with Gasteiger partial charge in [0.1, 0.15) is 0 Å². The van der Waals surface area contributed by atoms with Gasteiger partial charge in [-0.1, -0.05) is 39.3 Å². The SMILES string of the molecule is CC=C(C)C(O)CC1C(CO)=CCC2C(C)(C)CCCC12C. The summed E-state index contributed by atoms with van der Waals surface area (Å²) >= 11 is 0. The first-order chi connectivity index (χ1) is 10.3. The Morgan fingerprint density at radius 2 is 2.05 bits per heavy atom. The zero-order valence-corrected chi connectivity index (χ0v) is 15.0. The molecule has 2 aliphatic carbocycles. The fourth-order valence-electron chi connectivity index (χ4n) is 5.20. The summed E-state index contributed by atoms with van der Waals surface area (Å²) in [6.07, 6.45) is 9.45. The smallest absolute Gasteiger partial charge is 0.0753 e. The zero-order chi connectivity index (χ0) is 16.5. The number of hydrogen-bond acceptors (Lipinski definition) is 2. The number of aliphatic hydroxyl groups excluding tert-OH is 2. The Morgan fingerprint density at radius 1 is 1.36 bits per heavy atom. The third kappa shape index (κ3) is 3.05. The van der Waals surface area contributed by atoms with Crippen molar-refractivity contribution in [1.82, 2.24) is 0 Å². The highest BCUT2D eigenvalue weighted by Crippen LogP contribution is 2.60. The molecule has 2 nitrogen and oxygen atoms in total. The van der Waals surface area contributed by atoms with Crippen molar-refractivity contribution < 1.29 is 10.2 Å². The van der Waals surface area contributed by atoms with Gasteiger partial charge in [-0.25, -0.2) is 0 Å². The van der Waals surface area contributed by atoms with Crippen LogP contribution in [0.15, 0.2) is 23.3 Å². The molecular weight excluding hydrogens is 272 g/mol. The summed E-state index contributed by atoms with van der Waals surface area (Å²) in [7, 11) is 0. The Balaban J connectivity index is 2.35. The molecule has 0 radical (unpaired) electrons. The van der Waals surface area contributed by atoms with Gasteiger partial charge in [0.15, 0.2) is 0 Å². The first-order valence-electron chi connectivity index (χ1n) is 8.87. The van der Waals surface area contributed by atoms with Gasteiger partial charge in [-0.3, -0.25) is 0 Å². The van der Waals surface area contributed by atoms with E-state index in [4.69, 9.17) is 0 Å². The molecule has 0 bridgehead atoms. The molecule has 0 heterocycles. The normalized spacial score (nSPS) is 36.5. The molecule has 2 N–H and O–H groups in total. The van der Waals surface area contributed by atoms with E-state index in [2.05, 4.69) is 26.8 Å². The van der Waals surface area contributed by atoms with Crippen molar-refractivity contribution >= 4 is 0 Å². The summed E-state index contributed by atoms with van der Waals surface area (Å²) in [4.78, 5) is 0. The van der Waals surface area contributed by atoms with Crippen LogP contribution in [-0.4, -0.2) is 22.9 Å². The topological polar surface area (TPSA) is 40.5 Å². The fourth-order valence-corrected chi connectivity index (χ4v) is 5.20. The van der Waals surface area contributed by atoms with Crippen LogP contribution >= 0.6 is 0 Å². The van der Waals surface area contributed by atoms with E-state index in [0.717, 1.165) is 24.0 Å². The second-order valence-corrected chi connectivity index (χ2v) is 8.41. The molecule has 0 saturated heterocycles. The number of aliphatic hydroxyl groups is 2. The van der Waals surface area contributed by atoms with Crippen molar-refractivity contribution in [1.29, 1.82) is 0 Å². The molecule has 2 rings (SSSR count). The van der Waals surface area contributed by atoms with Crippen LogP contribution in [0.25, 0.3) is 0 Å². The van der Waals surface area contributed by atoms with Crippen LogP contribution in [0, 0.1) is 22.7 Å². The highest BCUT2D eigenvalue weighted by atomic mass is 16.3. The summed E-state index contributed by atoms with van der Waals surface area (Å²) in [5, 5.41) is 20.4.